The van der Waals surface area contributed by atoms with E-state index in [0.29, 0.717) is 13.2 Å². The van der Waals surface area contributed by atoms with E-state index in [1.165, 1.54) is 148 Å². The Bertz CT molecular complexity index is 396. The number of hydrogen-bond acceptors (Lipinski definition) is 3. The zero-order valence-electron chi connectivity index (χ0n) is 24.2. The molecule has 0 spiro atoms. The van der Waals surface area contributed by atoms with Crippen LogP contribution in [-0.2, 0) is 9.47 Å². The fraction of sp³-hybridized carbons (Fsp3) is 0.969. The molecular formula is C32H64O3. The zero-order chi connectivity index (χ0) is 25.5. The summed E-state index contributed by atoms with van der Waals surface area (Å²) in [7, 11) is 0. The fourth-order valence-electron chi connectivity index (χ4n) is 4.77. The van der Waals surface area contributed by atoms with Crippen molar-refractivity contribution in [2.45, 2.75) is 187 Å². The summed E-state index contributed by atoms with van der Waals surface area (Å²) >= 11 is 0. The molecule has 0 saturated carbocycles. The van der Waals surface area contributed by atoms with Crippen molar-refractivity contribution < 1.29 is 14.3 Å². The van der Waals surface area contributed by atoms with Crippen LogP contribution in [-0.4, -0.2) is 19.4 Å². The Kier molecular flexibility index (Phi) is 30.6. The minimum absolute atomic E-state index is 0.473. The van der Waals surface area contributed by atoms with E-state index in [2.05, 4.69) is 13.8 Å². The Hall–Kier alpha value is -0.730. The highest BCUT2D eigenvalue weighted by molar-refractivity contribution is 5.59. The molecule has 0 amide bonds. The second-order valence-electron chi connectivity index (χ2n) is 10.8. The molecule has 3 heteroatoms. The van der Waals surface area contributed by atoms with E-state index in [0.717, 1.165) is 25.7 Å². The van der Waals surface area contributed by atoms with Gasteiger partial charge in [-0.2, -0.15) is 0 Å². The Morgan fingerprint density at radius 1 is 0.343 bits per heavy atom. The summed E-state index contributed by atoms with van der Waals surface area (Å²) in [6, 6.07) is 0. The summed E-state index contributed by atoms with van der Waals surface area (Å²) in [4.78, 5) is 11.7. The number of hydrogen-bond donors (Lipinski definition) is 0. The van der Waals surface area contributed by atoms with Gasteiger partial charge in [0.05, 0.1) is 13.2 Å². The van der Waals surface area contributed by atoms with Crippen molar-refractivity contribution >= 4 is 6.16 Å². The first-order valence-corrected chi connectivity index (χ1v) is 16.1. The van der Waals surface area contributed by atoms with Crippen LogP contribution >= 0.6 is 0 Å². The van der Waals surface area contributed by atoms with Gasteiger partial charge in [-0.1, -0.05) is 174 Å². The largest absolute Gasteiger partial charge is 0.508 e. The van der Waals surface area contributed by atoms with Crippen LogP contribution in [0.4, 0.5) is 4.79 Å². The molecule has 0 atom stereocenters. The third-order valence-electron chi connectivity index (χ3n) is 7.19. The average molecular weight is 497 g/mol. The van der Waals surface area contributed by atoms with Crippen molar-refractivity contribution in [3.8, 4) is 0 Å². The molecule has 3 nitrogen and oxygen atoms in total. The quantitative estimate of drug-likeness (QED) is 0.0762. The normalized spacial score (nSPS) is 11.1. The molecule has 210 valence electrons. The van der Waals surface area contributed by atoms with E-state index < -0.39 is 6.16 Å². The number of carbonyl (C=O) groups is 1. The van der Waals surface area contributed by atoms with Gasteiger partial charge in [0.1, 0.15) is 0 Å². The maximum absolute atomic E-state index is 11.7. The van der Waals surface area contributed by atoms with E-state index in [-0.39, 0.29) is 0 Å². The summed E-state index contributed by atoms with van der Waals surface area (Å²) in [5.41, 5.74) is 0. The molecule has 35 heavy (non-hydrogen) atoms. The van der Waals surface area contributed by atoms with Crippen molar-refractivity contribution in [3.05, 3.63) is 0 Å². The molecule has 0 bridgehead atoms. The molecule has 0 radical (unpaired) electrons. The van der Waals surface area contributed by atoms with Gasteiger partial charge in [-0.05, 0) is 12.8 Å². The van der Waals surface area contributed by atoms with Crippen LogP contribution in [0.2, 0.25) is 0 Å². The summed E-state index contributed by atoms with van der Waals surface area (Å²) in [6.45, 7) is 5.58. The fourth-order valence-corrected chi connectivity index (χ4v) is 4.77. The molecule has 0 aromatic rings. The van der Waals surface area contributed by atoms with Crippen LogP contribution in [0.1, 0.15) is 187 Å². The molecule has 0 N–H and O–H groups in total. The highest BCUT2D eigenvalue weighted by Gasteiger charge is 2.03. The molecular weight excluding hydrogens is 432 g/mol. The predicted molar refractivity (Wildman–Crippen MR) is 153 cm³/mol. The third-order valence-corrected chi connectivity index (χ3v) is 7.19. The minimum atomic E-state index is -0.473. The number of rotatable bonds is 29. The second-order valence-corrected chi connectivity index (χ2v) is 10.8. The minimum Gasteiger partial charge on any atom is -0.434 e. The first-order chi connectivity index (χ1) is 17.3. The van der Waals surface area contributed by atoms with E-state index in [9.17, 15) is 4.79 Å². The monoisotopic (exact) mass is 496 g/mol. The Balaban J connectivity index is 3.14. The summed E-state index contributed by atoms with van der Waals surface area (Å²) in [5.74, 6) is 0. The van der Waals surface area contributed by atoms with E-state index in [1.54, 1.807) is 0 Å². The average Bonchev–Trinajstić information content (AvgIpc) is 2.86. The third kappa shape index (κ3) is 31.2. The highest BCUT2D eigenvalue weighted by atomic mass is 16.7. The van der Waals surface area contributed by atoms with E-state index >= 15 is 0 Å². The van der Waals surface area contributed by atoms with Gasteiger partial charge in [-0.25, -0.2) is 4.79 Å². The number of ether oxygens (including phenoxy) is 2. The lowest BCUT2D eigenvalue weighted by atomic mass is 10.0. The van der Waals surface area contributed by atoms with Gasteiger partial charge in [-0.15, -0.1) is 0 Å². The lowest BCUT2D eigenvalue weighted by Gasteiger charge is -2.07. The van der Waals surface area contributed by atoms with Crippen LogP contribution in [0.3, 0.4) is 0 Å². The predicted octanol–water partition coefficient (Wildman–Crippen LogP) is 11.7. The first kappa shape index (κ1) is 34.3. The number of carbonyl (C=O) groups excluding carboxylic acids is 1. The maximum Gasteiger partial charge on any atom is 0.508 e. The van der Waals surface area contributed by atoms with Crippen LogP contribution in [0.5, 0.6) is 0 Å². The van der Waals surface area contributed by atoms with Crippen molar-refractivity contribution in [2.75, 3.05) is 13.2 Å². The van der Waals surface area contributed by atoms with Crippen molar-refractivity contribution in [1.29, 1.82) is 0 Å². The molecule has 0 aromatic heterocycles. The van der Waals surface area contributed by atoms with E-state index in [4.69, 9.17) is 9.47 Å². The van der Waals surface area contributed by atoms with Crippen LogP contribution in [0, 0.1) is 0 Å². The summed E-state index contributed by atoms with van der Waals surface area (Å²) < 4.78 is 10.4. The van der Waals surface area contributed by atoms with Crippen LogP contribution < -0.4 is 0 Å². The van der Waals surface area contributed by atoms with Gasteiger partial charge in [0.15, 0.2) is 0 Å². The lowest BCUT2D eigenvalue weighted by molar-refractivity contribution is 0.0529. The molecule has 0 aliphatic heterocycles. The van der Waals surface area contributed by atoms with Crippen molar-refractivity contribution in [1.82, 2.24) is 0 Å². The van der Waals surface area contributed by atoms with Crippen molar-refractivity contribution in [3.63, 3.8) is 0 Å². The van der Waals surface area contributed by atoms with Gasteiger partial charge < -0.3 is 9.47 Å². The topological polar surface area (TPSA) is 35.5 Å². The van der Waals surface area contributed by atoms with Crippen LogP contribution in [0.25, 0.3) is 0 Å². The molecule has 0 heterocycles. The summed E-state index contributed by atoms with van der Waals surface area (Å²) in [6.07, 6.45) is 35.5. The Morgan fingerprint density at radius 2 is 0.543 bits per heavy atom. The SMILES string of the molecule is CCCCCCCCCCCCCCCCOC(=O)OCCCCCCCCCCCCCCC. The van der Waals surface area contributed by atoms with Gasteiger partial charge in [0, 0.05) is 0 Å². The molecule has 0 rings (SSSR count). The maximum atomic E-state index is 11.7. The molecule has 0 unspecified atom stereocenters. The lowest BCUT2D eigenvalue weighted by Crippen LogP contribution is -2.09. The highest BCUT2D eigenvalue weighted by Crippen LogP contribution is 2.14. The van der Waals surface area contributed by atoms with Crippen molar-refractivity contribution in [2.24, 2.45) is 0 Å². The zero-order valence-corrected chi connectivity index (χ0v) is 24.2. The van der Waals surface area contributed by atoms with E-state index in [1.807, 2.05) is 0 Å². The Morgan fingerprint density at radius 3 is 0.771 bits per heavy atom. The first-order valence-electron chi connectivity index (χ1n) is 16.1. The molecule has 0 aromatic carbocycles. The molecule has 0 saturated heterocycles. The molecule has 0 fully saturated rings. The smallest absolute Gasteiger partial charge is 0.434 e. The molecule has 0 aliphatic rings. The van der Waals surface area contributed by atoms with Gasteiger partial charge in [0.25, 0.3) is 0 Å². The van der Waals surface area contributed by atoms with Crippen LogP contribution in [0.15, 0.2) is 0 Å². The Labute approximate surface area is 220 Å². The van der Waals surface area contributed by atoms with Gasteiger partial charge in [0.2, 0.25) is 0 Å². The summed E-state index contributed by atoms with van der Waals surface area (Å²) in [5, 5.41) is 0. The number of unbranched alkanes of at least 4 members (excludes halogenated alkanes) is 25. The standard InChI is InChI=1S/C32H64O3/c1-3-5-7-9-11-13-15-17-19-21-23-25-27-29-31-35-32(33)34-30-28-26-24-22-20-18-16-14-12-10-8-6-4-2/h3-31H2,1-2H3. The van der Waals surface area contributed by atoms with Gasteiger partial charge in [-0.3, -0.25) is 0 Å². The molecule has 0 aliphatic carbocycles. The second kappa shape index (κ2) is 31.3. The van der Waals surface area contributed by atoms with Gasteiger partial charge >= 0.3 is 6.16 Å².